The van der Waals surface area contributed by atoms with Gasteiger partial charge >= 0.3 is 11.9 Å². The lowest BCUT2D eigenvalue weighted by atomic mass is 10.00. The van der Waals surface area contributed by atoms with Crippen molar-refractivity contribution in [3.05, 3.63) is 89.3 Å². The van der Waals surface area contributed by atoms with Crippen molar-refractivity contribution in [1.29, 1.82) is 0 Å². The quantitative estimate of drug-likeness (QED) is 0.176. The van der Waals surface area contributed by atoms with Crippen molar-refractivity contribution >= 4 is 23.2 Å². The summed E-state index contributed by atoms with van der Waals surface area (Å²) in [4.78, 5) is 35.1. The van der Waals surface area contributed by atoms with Gasteiger partial charge in [-0.1, -0.05) is 57.5 Å². The Kier molecular flexibility index (Phi) is 13.7. The van der Waals surface area contributed by atoms with Gasteiger partial charge in [0, 0.05) is 29.4 Å². The van der Waals surface area contributed by atoms with Gasteiger partial charge in [-0.2, -0.15) is 0 Å². The molecule has 3 aromatic rings. The van der Waals surface area contributed by atoms with Crippen LogP contribution in [0.3, 0.4) is 0 Å². The highest BCUT2D eigenvalue weighted by Gasteiger charge is 2.18. The molecule has 0 aliphatic heterocycles. The number of unbranched alkanes of at least 4 members (excludes halogenated alkanes) is 1. The molecule has 0 unspecified atom stereocenters. The number of nitrogens with zero attached hydrogens (tertiary/aromatic N) is 2. The Hall–Kier alpha value is -3.71. The third-order valence-electron chi connectivity index (χ3n) is 6.38. The lowest BCUT2D eigenvalue weighted by molar-refractivity contribution is -0.134. The van der Waals surface area contributed by atoms with Crippen molar-refractivity contribution in [1.82, 2.24) is 9.30 Å². The van der Waals surface area contributed by atoms with Crippen LogP contribution in [0.15, 0.2) is 66.9 Å². The van der Waals surface area contributed by atoms with E-state index in [1.54, 1.807) is 0 Å². The summed E-state index contributed by atoms with van der Waals surface area (Å²) >= 11 is 0. The van der Waals surface area contributed by atoms with Crippen LogP contribution in [0.1, 0.15) is 80.1 Å². The fourth-order valence-corrected chi connectivity index (χ4v) is 4.57. The molecule has 2 aromatic heterocycles. The Bertz CT molecular complexity index is 1210. The summed E-state index contributed by atoms with van der Waals surface area (Å²) < 4.78 is 2.05. The molecule has 0 aliphatic rings. The van der Waals surface area contributed by atoms with E-state index in [1.807, 2.05) is 30.5 Å². The van der Waals surface area contributed by atoms with Crippen LogP contribution in [0.2, 0.25) is 0 Å². The predicted octanol–water partition coefficient (Wildman–Crippen LogP) is 6.28. The number of aryl methyl sites for hydroxylation is 2. The number of carbonyl (C=O) groups excluding carboxylic acids is 1. The summed E-state index contributed by atoms with van der Waals surface area (Å²) in [6.07, 6.45) is 11.0. The Balaban J connectivity index is 0.000000580. The maximum atomic E-state index is 13.4. The number of fused-ring (bicyclic) bond motifs is 1. The molecule has 1 aromatic carbocycles. The zero-order valence-electron chi connectivity index (χ0n) is 23.4. The number of benzene rings is 1. The first kappa shape index (κ1) is 31.5. The van der Waals surface area contributed by atoms with Crippen molar-refractivity contribution in [2.75, 3.05) is 19.6 Å². The molecule has 0 atom stereocenters. The van der Waals surface area contributed by atoms with Gasteiger partial charge in [-0.05, 0) is 87.5 Å². The van der Waals surface area contributed by atoms with Crippen LogP contribution in [-0.4, -0.2) is 56.9 Å². The number of rotatable bonds is 15. The highest BCUT2D eigenvalue weighted by Crippen LogP contribution is 2.22. The molecular weight excluding hydrogens is 492 g/mol. The third-order valence-corrected chi connectivity index (χ3v) is 6.38. The van der Waals surface area contributed by atoms with Gasteiger partial charge in [-0.3, -0.25) is 4.79 Å². The fourth-order valence-electron chi connectivity index (χ4n) is 4.57. The molecule has 2 heterocycles. The molecule has 7 heteroatoms. The lowest BCUT2D eigenvalue weighted by Crippen LogP contribution is -2.26. The molecule has 0 bridgehead atoms. The van der Waals surface area contributed by atoms with Crippen LogP contribution in [0.4, 0.5) is 0 Å². The van der Waals surface area contributed by atoms with Crippen LogP contribution in [-0.2, 0) is 22.4 Å². The van der Waals surface area contributed by atoms with E-state index in [0.29, 0.717) is 12.2 Å². The van der Waals surface area contributed by atoms with Crippen molar-refractivity contribution < 1.29 is 24.6 Å². The van der Waals surface area contributed by atoms with E-state index in [9.17, 15) is 14.4 Å². The number of carboxylic acids is 2. The van der Waals surface area contributed by atoms with E-state index in [2.05, 4.69) is 54.3 Å². The number of ketones is 1. The molecule has 39 heavy (non-hydrogen) atoms. The van der Waals surface area contributed by atoms with Crippen molar-refractivity contribution in [3.63, 3.8) is 0 Å². The van der Waals surface area contributed by atoms with E-state index in [4.69, 9.17) is 10.2 Å². The van der Waals surface area contributed by atoms with Gasteiger partial charge in [0.1, 0.15) is 0 Å². The van der Waals surface area contributed by atoms with Gasteiger partial charge in [-0.25, -0.2) is 9.59 Å². The summed E-state index contributed by atoms with van der Waals surface area (Å²) in [5, 5.41) is 15.6. The molecule has 2 N–H and O–H groups in total. The Labute approximate surface area is 231 Å². The standard InChI is InChI=1S/C28H38N2O.C4H4O4/c1-4-7-12-25-22-26-13-8-9-21-30(26)27(25)28(31)24-16-14-23(15-17-24)11-10-20-29(18-5-2)19-6-3;5-3(6)1-2-4(7)8/h8-9,13-17,21-22H,4-7,10-12,18-20H2,1-3H3;1-2H,(H,5,6)(H,7,8). The van der Waals surface area contributed by atoms with E-state index in [0.717, 1.165) is 61.0 Å². The molecule has 210 valence electrons. The van der Waals surface area contributed by atoms with Crippen molar-refractivity contribution in [2.45, 2.75) is 65.7 Å². The van der Waals surface area contributed by atoms with Crippen molar-refractivity contribution in [2.24, 2.45) is 0 Å². The van der Waals surface area contributed by atoms with Gasteiger partial charge in [0.25, 0.3) is 0 Å². The average molecular weight is 535 g/mol. The van der Waals surface area contributed by atoms with Gasteiger partial charge in [0.05, 0.1) is 5.69 Å². The number of pyridine rings is 1. The maximum Gasteiger partial charge on any atom is 0.328 e. The molecule has 0 amide bonds. The van der Waals surface area contributed by atoms with Gasteiger partial charge < -0.3 is 19.5 Å². The number of carbonyl (C=O) groups is 3. The van der Waals surface area contributed by atoms with Crippen molar-refractivity contribution in [3.8, 4) is 0 Å². The Morgan fingerprint density at radius 3 is 2.00 bits per heavy atom. The largest absolute Gasteiger partial charge is 0.478 e. The second kappa shape index (κ2) is 17.0. The van der Waals surface area contributed by atoms with Crippen LogP contribution in [0.5, 0.6) is 0 Å². The predicted molar refractivity (Wildman–Crippen MR) is 156 cm³/mol. The number of aliphatic carboxylic acids is 2. The fraction of sp³-hybridized carbons (Fsp3) is 0.406. The molecule has 0 radical (unpaired) electrons. The SMILES string of the molecule is CCCCc1cc2ccccn2c1C(=O)c1ccc(CCCN(CCC)CCC)cc1.O=C(O)C=CC(=O)O. The number of hydrogen-bond donors (Lipinski definition) is 2. The average Bonchev–Trinajstić information content (AvgIpc) is 3.29. The second-order valence-electron chi connectivity index (χ2n) is 9.60. The molecule has 0 saturated heterocycles. The third kappa shape index (κ3) is 10.5. The zero-order chi connectivity index (χ0) is 28.6. The van der Waals surface area contributed by atoms with Crippen LogP contribution >= 0.6 is 0 Å². The molecule has 0 aliphatic carbocycles. The molecule has 0 spiro atoms. The summed E-state index contributed by atoms with van der Waals surface area (Å²) in [7, 11) is 0. The lowest BCUT2D eigenvalue weighted by Gasteiger charge is -2.20. The first-order valence-electron chi connectivity index (χ1n) is 13.9. The minimum absolute atomic E-state index is 0.126. The van der Waals surface area contributed by atoms with Gasteiger partial charge in [0.15, 0.2) is 0 Å². The van der Waals surface area contributed by atoms with Crippen LogP contribution in [0, 0.1) is 0 Å². The second-order valence-corrected chi connectivity index (χ2v) is 9.60. The van der Waals surface area contributed by atoms with Crippen LogP contribution < -0.4 is 0 Å². The number of carboxylic acid groups (broad SMARTS) is 2. The molecule has 3 rings (SSSR count). The van der Waals surface area contributed by atoms with Crippen LogP contribution in [0.25, 0.3) is 5.52 Å². The molecular formula is C32H42N2O5. The van der Waals surface area contributed by atoms with E-state index >= 15 is 0 Å². The van der Waals surface area contributed by atoms with E-state index in [-0.39, 0.29) is 5.78 Å². The normalized spacial score (nSPS) is 11.1. The monoisotopic (exact) mass is 534 g/mol. The number of aromatic nitrogens is 1. The zero-order valence-corrected chi connectivity index (χ0v) is 23.4. The summed E-state index contributed by atoms with van der Waals surface area (Å²) in [6, 6.07) is 16.6. The first-order valence-corrected chi connectivity index (χ1v) is 13.9. The highest BCUT2D eigenvalue weighted by atomic mass is 16.4. The topological polar surface area (TPSA) is 99.3 Å². The summed E-state index contributed by atoms with van der Waals surface area (Å²) in [5.41, 5.74) is 5.18. The Morgan fingerprint density at radius 2 is 1.44 bits per heavy atom. The molecule has 0 saturated carbocycles. The number of hydrogen-bond acceptors (Lipinski definition) is 4. The van der Waals surface area contributed by atoms with Gasteiger partial charge in [0.2, 0.25) is 5.78 Å². The minimum Gasteiger partial charge on any atom is -0.478 e. The summed E-state index contributed by atoms with van der Waals surface area (Å²) in [5.74, 6) is -2.39. The Morgan fingerprint density at radius 1 is 0.795 bits per heavy atom. The smallest absolute Gasteiger partial charge is 0.328 e. The maximum absolute atomic E-state index is 13.4. The van der Waals surface area contributed by atoms with E-state index < -0.39 is 11.9 Å². The summed E-state index contributed by atoms with van der Waals surface area (Å²) in [6.45, 7) is 10.2. The molecule has 7 nitrogen and oxygen atoms in total. The minimum atomic E-state index is -1.26. The first-order chi connectivity index (χ1) is 18.8. The van der Waals surface area contributed by atoms with Gasteiger partial charge in [-0.15, -0.1) is 0 Å². The van der Waals surface area contributed by atoms with E-state index in [1.165, 1.54) is 31.5 Å². The highest BCUT2D eigenvalue weighted by molar-refractivity contribution is 6.09. The molecule has 0 fully saturated rings.